The van der Waals surface area contributed by atoms with E-state index in [4.69, 9.17) is 0 Å². The predicted octanol–water partition coefficient (Wildman–Crippen LogP) is 1.47. The van der Waals surface area contributed by atoms with Gasteiger partial charge in [0.05, 0.1) is 17.6 Å². The van der Waals surface area contributed by atoms with Crippen LogP contribution in [0.4, 0.5) is 0 Å². The van der Waals surface area contributed by atoms with Crippen LogP contribution in [0.15, 0.2) is 49.1 Å². The summed E-state index contributed by atoms with van der Waals surface area (Å²) in [5.74, 6) is -0.962. The van der Waals surface area contributed by atoms with Crippen LogP contribution < -0.4 is 10.9 Å². The van der Waals surface area contributed by atoms with E-state index in [0.29, 0.717) is 5.56 Å². The maximum atomic E-state index is 12.2. The predicted molar refractivity (Wildman–Crippen MR) is 96.9 cm³/mol. The van der Waals surface area contributed by atoms with Crippen LogP contribution in [0.2, 0.25) is 0 Å². The average molecular weight is 365 g/mol. The van der Waals surface area contributed by atoms with Crippen LogP contribution in [0.1, 0.15) is 46.3 Å². The van der Waals surface area contributed by atoms with Gasteiger partial charge in [-0.3, -0.25) is 20.4 Å². The van der Waals surface area contributed by atoms with Crippen LogP contribution in [0.5, 0.6) is 0 Å². The van der Waals surface area contributed by atoms with Crippen molar-refractivity contribution in [3.8, 4) is 5.69 Å². The Labute approximate surface area is 155 Å². The summed E-state index contributed by atoms with van der Waals surface area (Å²) in [6.07, 6.45) is 7.65. The first-order chi connectivity index (χ1) is 13.2. The number of nitrogens with one attached hydrogen (secondary N) is 2. The van der Waals surface area contributed by atoms with Gasteiger partial charge in [0.2, 0.25) is 0 Å². The third kappa shape index (κ3) is 4.72. The normalized spacial score (nSPS) is 10.4. The maximum absolute atomic E-state index is 12.2. The smallest absolute Gasteiger partial charge is 0.267 e. The van der Waals surface area contributed by atoms with E-state index >= 15 is 0 Å². The fraction of sp³-hybridized carbons (Fsp3) is 0.222. The summed E-state index contributed by atoms with van der Waals surface area (Å²) in [5, 5.41) is 8.25. The summed E-state index contributed by atoms with van der Waals surface area (Å²) < 4.78 is 1.67. The lowest BCUT2D eigenvalue weighted by atomic mass is 10.2. The topological polar surface area (TPSA) is 115 Å². The molecule has 3 aromatic rings. The second-order valence-corrected chi connectivity index (χ2v) is 5.81. The fourth-order valence-electron chi connectivity index (χ4n) is 2.34. The molecular formula is C18H19N7O2. The summed E-state index contributed by atoms with van der Waals surface area (Å²) in [6.45, 7) is 2.13. The Morgan fingerprint density at radius 2 is 1.85 bits per heavy atom. The summed E-state index contributed by atoms with van der Waals surface area (Å²) >= 11 is 0. The molecule has 1 aromatic carbocycles. The summed E-state index contributed by atoms with van der Waals surface area (Å²) in [4.78, 5) is 31.6. The zero-order valence-electron chi connectivity index (χ0n) is 14.8. The van der Waals surface area contributed by atoms with Gasteiger partial charge in [-0.15, -0.1) is 5.10 Å². The molecule has 27 heavy (non-hydrogen) atoms. The molecule has 0 radical (unpaired) electrons. The molecule has 2 heterocycles. The van der Waals surface area contributed by atoms with Crippen LogP contribution in [0.3, 0.4) is 0 Å². The van der Waals surface area contributed by atoms with Gasteiger partial charge in [-0.05, 0) is 43.2 Å². The van der Waals surface area contributed by atoms with Gasteiger partial charge in [0.15, 0.2) is 0 Å². The number of hydrazine groups is 1. The number of aryl methyl sites for hydroxylation is 1. The van der Waals surface area contributed by atoms with Crippen molar-refractivity contribution in [2.24, 2.45) is 0 Å². The van der Waals surface area contributed by atoms with E-state index < -0.39 is 11.8 Å². The molecule has 0 saturated carbocycles. The van der Waals surface area contributed by atoms with Gasteiger partial charge in [0.1, 0.15) is 12.0 Å². The van der Waals surface area contributed by atoms with E-state index in [9.17, 15) is 9.59 Å². The zero-order valence-corrected chi connectivity index (χ0v) is 14.8. The van der Waals surface area contributed by atoms with E-state index in [-0.39, 0.29) is 5.69 Å². The molecule has 0 spiro atoms. The number of hydrogen-bond donors (Lipinski definition) is 2. The zero-order chi connectivity index (χ0) is 19.1. The van der Waals surface area contributed by atoms with Gasteiger partial charge in [-0.1, -0.05) is 18.6 Å². The van der Waals surface area contributed by atoms with Gasteiger partial charge >= 0.3 is 0 Å². The molecule has 0 atom stereocenters. The monoisotopic (exact) mass is 365 g/mol. The van der Waals surface area contributed by atoms with E-state index in [2.05, 4.69) is 38.1 Å². The Balaban J connectivity index is 1.58. The molecule has 0 aliphatic rings. The van der Waals surface area contributed by atoms with Gasteiger partial charge in [0.25, 0.3) is 11.8 Å². The molecule has 138 valence electrons. The van der Waals surface area contributed by atoms with Crippen LogP contribution in [0, 0.1) is 0 Å². The van der Waals surface area contributed by atoms with E-state index in [1.54, 1.807) is 28.9 Å². The van der Waals surface area contributed by atoms with Gasteiger partial charge in [0, 0.05) is 11.8 Å². The largest absolute Gasteiger partial charge is 0.288 e. The Kier molecular flexibility index (Phi) is 5.83. The van der Waals surface area contributed by atoms with E-state index in [1.165, 1.54) is 18.6 Å². The van der Waals surface area contributed by atoms with Crippen LogP contribution in [0.25, 0.3) is 5.69 Å². The van der Waals surface area contributed by atoms with Crippen molar-refractivity contribution in [1.29, 1.82) is 0 Å². The highest BCUT2D eigenvalue weighted by Crippen LogP contribution is 2.10. The van der Waals surface area contributed by atoms with Crippen molar-refractivity contribution in [1.82, 2.24) is 35.8 Å². The molecule has 0 fully saturated rings. The van der Waals surface area contributed by atoms with Crippen molar-refractivity contribution >= 4 is 11.8 Å². The number of hydrogen-bond acceptors (Lipinski definition) is 6. The van der Waals surface area contributed by atoms with Crippen LogP contribution in [-0.4, -0.2) is 36.8 Å². The SMILES string of the molecule is CCCCc1cn(-c2ccc(C(=O)NNC(=O)c3ccncn3)cc2)nn1. The standard InChI is InChI=1S/C18H19N7O2/c1-2-3-4-14-11-25(24-21-14)15-7-5-13(6-8-15)17(26)22-23-18(27)16-9-10-19-12-20-16/h5-12H,2-4H2,1H3,(H,22,26)(H,23,27). The Morgan fingerprint density at radius 3 is 2.56 bits per heavy atom. The molecule has 9 nitrogen and oxygen atoms in total. The van der Waals surface area contributed by atoms with Crippen molar-refractivity contribution < 1.29 is 9.59 Å². The highest BCUT2D eigenvalue weighted by Gasteiger charge is 2.10. The van der Waals surface area contributed by atoms with E-state index in [0.717, 1.165) is 30.6 Å². The lowest BCUT2D eigenvalue weighted by Crippen LogP contribution is -2.41. The highest BCUT2D eigenvalue weighted by atomic mass is 16.2. The van der Waals surface area contributed by atoms with Gasteiger partial charge < -0.3 is 0 Å². The van der Waals surface area contributed by atoms with Crippen LogP contribution >= 0.6 is 0 Å². The second kappa shape index (κ2) is 8.65. The number of unbranched alkanes of at least 4 members (excludes halogenated alkanes) is 1. The van der Waals surface area contributed by atoms with Gasteiger partial charge in [-0.25, -0.2) is 14.6 Å². The van der Waals surface area contributed by atoms with Gasteiger partial charge in [-0.2, -0.15) is 0 Å². The fourth-order valence-corrected chi connectivity index (χ4v) is 2.34. The molecule has 9 heteroatoms. The molecule has 0 aliphatic heterocycles. The van der Waals surface area contributed by atoms with Crippen molar-refractivity contribution in [3.63, 3.8) is 0 Å². The molecule has 2 N–H and O–H groups in total. The highest BCUT2D eigenvalue weighted by molar-refractivity contribution is 5.98. The lowest BCUT2D eigenvalue weighted by molar-refractivity contribution is 0.0844. The lowest BCUT2D eigenvalue weighted by Gasteiger charge is -2.07. The second-order valence-electron chi connectivity index (χ2n) is 5.81. The van der Waals surface area contributed by atoms with Crippen molar-refractivity contribution in [2.75, 3.05) is 0 Å². The Hall–Kier alpha value is -3.62. The molecule has 0 saturated heterocycles. The first-order valence-electron chi connectivity index (χ1n) is 8.55. The van der Waals surface area contributed by atoms with Crippen LogP contribution in [-0.2, 0) is 6.42 Å². The minimum atomic E-state index is -0.524. The first kappa shape index (κ1) is 18.2. The van der Waals surface area contributed by atoms with E-state index in [1.807, 2.05) is 6.20 Å². The Morgan fingerprint density at radius 1 is 1.07 bits per heavy atom. The maximum Gasteiger partial charge on any atom is 0.288 e. The molecule has 0 bridgehead atoms. The van der Waals surface area contributed by atoms with Crippen molar-refractivity contribution in [3.05, 3.63) is 66.0 Å². The molecule has 2 aromatic heterocycles. The summed E-state index contributed by atoms with van der Waals surface area (Å²) in [5.41, 5.74) is 6.95. The third-order valence-electron chi connectivity index (χ3n) is 3.83. The molecule has 0 unspecified atom stereocenters. The minimum Gasteiger partial charge on any atom is -0.267 e. The molecular weight excluding hydrogens is 346 g/mol. The molecule has 3 rings (SSSR count). The average Bonchev–Trinajstić information content (AvgIpc) is 3.20. The number of benzene rings is 1. The quantitative estimate of drug-likeness (QED) is 0.639. The summed E-state index contributed by atoms with van der Waals surface area (Å²) in [6, 6.07) is 8.27. The third-order valence-corrected chi connectivity index (χ3v) is 3.83. The molecule has 2 amide bonds. The first-order valence-corrected chi connectivity index (χ1v) is 8.55. The number of amides is 2. The number of aromatic nitrogens is 5. The number of carbonyl (C=O) groups is 2. The molecule has 0 aliphatic carbocycles. The number of carbonyl (C=O) groups excluding carboxylic acids is 2. The number of rotatable bonds is 6. The summed E-state index contributed by atoms with van der Waals surface area (Å²) in [7, 11) is 0. The Bertz CT molecular complexity index is 907. The minimum absolute atomic E-state index is 0.158. The number of nitrogens with zero attached hydrogens (tertiary/aromatic N) is 5. The van der Waals surface area contributed by atoms with Crippen molar-refractivity contribution in [2.45, 2.75) is 26.2 Å².